The van der Waals surface area contributed by atoms with Crippen LogP contribution in [0.4, 0.5) is 0 Å². The van der Waals surface area contributed by atoms with E-state index in [0.29, 0.717) is 25.4 Å². The van der Waals surface area contributed by atoms with Gasteiger partial charge in [0.25, 0.3) is 0 Å². The van der Waals surface area contributed by atoms with Crippen molar-refractivity contribution < 1.29 is 19.2 Å². The lowest BCUT2D eigenvalue weighted by atomic mass is 10.3. The van der Waals surface area contributed by atoms with E-state index in [1.54, 1.807) is 13.8 Å². The fraction of sp³-hybridized carbons (Fsp3) is 0.333. The highest BCUT2D eigenvalue weighted by atomic mass is 16.1. The largest absolute Gasteiger partial charge is 0.299 e. The number of allylic oxidation sites excluding steroid dienone is 4. The van der Waals surface area contributed by atoms with E-state index < -0.39 is 0 Å². The molecule has 0 fully saturated rings. The molecule has 4 heteroatoms. The van der Waals surface area contributed by atoms with Crippen LogP contribution >= 0.6 is 0 Å². The Morgan fingerprint density at radius 3 is 1.31 bits per heavy atom. The van der Waals surface area contributed by atoms with Crippen molar-refractivity contribution in [3.63, 3.8) is 0 Å². The van der Waals surface area contributed by atoms with E-state index in [9.17, 15) is 19.2 Å². The second-order valence-electron chi connectivity index (χ2n) is 2.63. The first kappa shape index (κ1) is 16.6. The lowest BCUT2D eigenvalue weighted by molar-refractivity contribution is -0.115. The summed E-state index contributed by atoms with van der Waals surface area (Å²) in [5, 5.41) is 0. The SMILES string of the molecule is CCC(=O)/C=C/C=O.CCC(=O)/C=C/C=O. The monoisotopic (exact) mass is 224 g/mol. The molecule has 0 aliphatic carbocycles. The van der Waals surface area contributed by atoms with Crippen LogP contribution in [0, 0.1) is 0 Å². The highest BCUT2D eigenvalue weighted by Crippen LogP contribution is 1.80. The summed E-state index contributed by atoms with van der Waals surface area (Å²) in [6.45, 7) is 3.49. The van der Waals surface area contributed by atoms with Gasteiger partial charge in [-0.3, -0.25) is 19.2 Å². The van der Waals surface area contributed by atoms with Gasteiger partial charge in [0.1, 0.15) is 12.6 Å². The third-order valence-corrected chi connectivity index (χ3v) is 1.42. The van der Waals surface area contributed by atoms with Gasteiger partial charge >= 0.3 is 0 Å². The van der Waals surface area contributed by atoms with Crippen molar-refractivity contribution in [1.82, 2.24) is 0 Å². The van der Waals surface area contributed by atoms with E-state index >= 15 is 0 Å². The minimum Gasteiger partial charge on any atom is -0.299 e. The maximum absolute atomic E-state index is 10.3. The summed E-state index contributed by atoms with van der Waals surface area (Å²) in [5.74, 6) is -0.0331. The van der Waals surface area contributed by atoms with Crippen LogP contribution in [0.15, 0.2) is 24.3 Å². The van der Waals surface area contributed by atoms with Crippen LogP contribution in [0.2, 0.25) is 0 Å². The number of ketones is 2. The fourth-order valence-electron chi connectivity index (χ4n) is 0.529. The smallest absolute Gasteiger partial charge is 0.155 e. The Morgan fingerprint density at radius 1 is 0.812 bits per heavy atom. The molecule has 0 saturated carbocycles. The zero-order valence-electron chi connectivity index (χ0n) is 9.51. The van der Waals surface area contributed by atoms with Crippen LogP contribution in [-0.4, -0.2) is 24.1 Å². The first-order valence-electron chi connectivity index (χ1n) is 4.91. The predicted octanol–water partition coefficient (Wildman–Crippen LogP) is 1.44. The van der Waals surface area contributed by atoms with Gasteiger partial charge in [0.05, 0.1) is 0 Å². The molecule has 0 atom stereocenters. The average molecular weight is 224 g/mol. The summed E-state index contributed by atoms with van der Waals surface area (Å²) in [6.07, 6.45) is 7.05. The molecule has 0 radical (unpaired) electrons. The summed E-state index contributed by atoms with van der Waals surface area (Å²) in [5.41, 5.74) is 0. The molecule has 0 aromatic rings. The number of carbonyl (C=O) groups is 4. The summed E-state index contributed by atoms with van der Waals surface area (Å²) in [6, 6.07) is 0. The first-order valence-corrected chi connectivity index (χ1v) is 4.91. The molecule has 0 aromatic carbocycles. The van der Waals surface area contributed by atoms with Gasteiger partial charge in [-0.15, -0.1) is 0 Å². The highest BCUT2D eigenvalue weighted by Gasteiger charge is 1.85. The Bertz CT molecular complexity index is 257. The van der Waals surface area contributed by atoms with E-state index in [1.165, 1.54) is 24.3 Å². The van der Waals surface area contributed by atoms with Crippen molar-refractivity contribution in [2.45, 2.75) is 26.7 Å². The van der Waals surface area contributed by atoms with Crippen LogP contribution in [0.3, 0.4) is 0 Å². The normalized spacial score (nSPS) is 9.62. The molecule has 16 heavy (non-hydrogen) atoms. The van der Waals surface area contributed by atoms with Crippen molar-refractivity contribution in [3.8, 4) is 0 Å². The molecule has 88 valence electrons. The summed E-state index contributed by atoms with van der Waals surface area (Å²) < 4.78 is 0. The van der Waals surface area contributed by atoms with Crippen molar-refractivity contribution in [1.29, 1.82) is 0 Å². The molecule has 0 amide bonds. The van der Waals surface area contributed by atoms with Gasteiger partial charge in [0.2, 0.25) is 0 Å². The van der Waals surface area contributed by atoms with Crippen molar-refractivity contribution in [2.75, 3.05) is 0 Å². The molecule has 0 rings (SSSR count). The van der Waals surface area contributed by atoms with Gasteiger partial charge in [0, 0.05) is 12.8 Å². The third kappa shape index (κ3) is 14.7. The Morgan fingerprint density at radius 2 is 1.12 bits per heavy atom. The molecule has 0 saturated heterocycles. The molecular formula is C12H16O4. The standard InChI is InChI=1S/2C6H8O2/c2*1-2-6(8)4-3-5-7/h2*3-5H,2H2,1H3/b2*4-3+. The Labute approximate surface area is 95.0 Å². The molecule has 0 unspecified atom stereocenters. The second kappa shape index (κ2) is 13.2. The van der Waals surface area contributed by atoms with Gasteiger partial charge < -0.3 is 0 Å². The predicted molar refractivity (Wildman–Crippen MR) is 61.0 cm³/mol. The van der Waals surface area contributed by atoms with Gasteiger partial charge in [-0.25, -0.2) is 0 Å². The van der Waals surface area contributed by atoms with Gasteiger partial charge in [-0.05, 0) is 24.3 Å². The number of hydrogen-bond acceptors (Lipinski definition) is 4. The lowest BCUT2D eigenvalue weighted by Gasteiger charge is -1.77. The Balaban J connectivity index is 0. The molecule has 0 aromatic heterocycles. The topological polar surface area (TPSA) is 68.3 Å². The summed E-state index contributed by atoms with van der Waals surface area (Å²) in [7, 11) is 0. The summed E-state index contributed by atoms with van der Waals surface area (Å²) >= 11 is 0. The van der Waals surface area contributed by atoms with Crippen LogP contribution < -0.4 is 0 Å². The van der Waals surface area contributed by atoms with Crippen LogP contribution in [0.1, 0.15) is 26.7 Å². The highest BCUT2D eigenvalue weighted by molar-refractivity contribution is 5.92. The van der Waals surface area contributed by atoms with Crippen LogP contribution in [-0.2, 0) is 19.2 Å². The number of aldehydes is 2. The van der Waals surface area contributed by atoms with Crippen molar-refractivity contribution in [2.24, 2.45) is 0 Å². The number of carbonyl (C=O) groups excluding carboxylic acids is 4. The molecule has 0 aliphatic rings. The molecule has 0 spiro atoms. The van der Waals surface area contributed by atoms with Crippen LogP contribution in [0.5, 0.6) is 0 Å². The zero-order valence-corrected chi connectivity index (χ0v) is 9.51. The third-order valence-electron chi connectivity index (χ3n) is 1.42. The lowest BCUT2D eigenvalue weighted by Crippen LogP contribution is -1.86. The quantitative estimate of drug-likeness (QED) is 0.505. The molecule has 0 heterocycles. The zero-order chi connectivity index (χ0) is 12.8. The van der Waals surface area contributed by atoms with Gasteiger partial charge in [-0.1, -0.05) is 13.8 Å². The molecule has 4 nitrogen and oxygen atoms in total. The van der Waals surface area contributed by atoms with Gasteiger partial charge in [0.15, 0.2) is 11.6 Å². The average Bonchev–Trinajstić information content (AvgIpc) is 2.33. The summed E-state index contributed by atoms with van der Waals surface area (Å²) in [4.78, 5) is 39.8. The van der Waals surface area contributed by atoms with E-state index in [1.807, 2.05) is 0 Å². The minimum atomic E-state index is -0.0166. The Kier molecular flexibility index (Phi) is 13.6. The molecule has 0 bridgehead atoms. The minimum absolute atomic E-state index is 0.0166. The van der Waals surface area contributed by atoms with Crippen molar-refractivity contribution >= 4 is 24.1 Å². The molecular weight excluding hydrogens is 208 g/mol. The first-order chi connectivity index (χ1) is 7.62. The fourth-order valence-corrected chi connectivity index (χ4v) is 0.529. The van der Waals surface area contributed by atoms with E-state index in [0.717, 1.165) is 0 Å². The number of rotatable bonds is 6. The maximum atomic E-state index is 10.3. The van der Waals surface area contributed by atoms with E-state index in [2.05, 4.69) is 0 Å². The van der Waals surface area contributed by atoms with Crippen molar-refractivity contribution in [3.05, 3.63) is 24.3 Å². The maximum Gasteiger partial charge on any atom is 0.155 e. The molecule has 0 N–H and O–H groups in total. The van der Waals surface area contributed by atoms with E-state index in [-0.39, 0.29) is 11.6 Å². The van der Waals surface area contributed by atoms with E-state index in [4.69, 9.17) is 0 Å². The number of hydrogen-bond donors (Lipinski definition) is 0. The van der Waals surface area contributed by atoms with Crippen LogP contribution in [0.25, 0.3) is 0 Å². The molecule has 0 aliphatic heterocycles. The van der Waals surface area contributed by atoms with Gasteiger partial charge in [-0.2, -0.15) is 0 Å². The Hall–Kier alpha value is -1.84. The second-order valence-corrected chi connectivity index (χ2v) is 2.63.